The van der Waals surface area contributed by atoms with Gasteiger partial charge < -0.3 is 10.4 Å². The summed E-state index contributed by atoms with van der Waals surface area (Å²) in [4.78, 5) is 22.6. The van der Waals surface area contributed by atoms with E-state index in [9.17, 15) is 9.59 Å². The number of nitrogens with one attached hydrogen (secondary N) is 1. The summed E-state index contributed by atoms with van der Waals surface area (Å²) < 4.78 is 0. The number of amides is 1. The number of carbonyl (C=O) groups is 2. The molecule has 0 unspecified atom stereocenters. The molecule has 0 fully saturated rings. The Balaban J connectivity index is 2.10. The molecule has 2 aromatic rings. The van der Waals surface area contributed by atoms with Gasteiger partial charge in [0.2, 0.25) is 0 Å². The molecular weight excluding hydrogens is 314 g/mol. The molecule has 5 heteroatoms. The van der Waals surface area contributed by atoms with Gasteiger partial charge in [-0.3, -0.25) is 4.79 Å². The van der Waals surface area contributed by atoms with Gasteiger partial charge in [-0.2, -0.15) is 0 Å². The number of aldehydes is 1. The highest BCUT2D eigenvalue weighted by Crippen LogP contribution is 2.34. The maximum absolute atomic E-state index is 11.6. The van der Waals surface area contributed by atoms with Gasteiger partial charge in [-0.25, -0.2) is 4.79 Å². The van der Waals surface area contributed by atoms with Crippen molar-refractivity contribution < 1.29 is 14.7 Å². The van der Waals surface area contributed by atoms with Crippen LogP contribution in [0, 0.1) is 0 Å². The van der Waals surface area contributed by atoms with Crippen LogP contribution in [0.5, 0.6) is 0 Å². The SMILES string of the molecule is O=C[C@]1(NC(=O)O)C=CCc2cc(-c3ccccc3Cl)ccc21. The maximum Gasteiger partial charge on any atom is 0.405 e. The van der Waals surface area contributed by atoms with Gasteiger partial charge in [-0.1, -0.05) is 60.2 Å². The Bertz CT molecular complexity index is 816. The van der Waals surface area contributed by atoms with Crippen molar-refractivity contribution in [3.63, 3.8) is 0 Å². The third kappa shape index (κ3) is 2.73. The van der Waals surface area contributed by atoms with Crippen LogP contribution >= 0.6 is 11.6 Å². The number of benzene rings is 2. The average Bonchev–Trinajstić information content (AvgIpc) is 2.54. The van der Waals surface area contributed by atoms with E-state index >= 15 is 0 Å². The van der Waals surface area contributed by atoms with E-state index in [4.69, 9.17) is 16.7 Å². The molecule has 4 nitrogen and oxygen atoms in total. The Labute approximate surface area is 138 Å². The fourth-order valence-corrected chi connectivity index (χ4v) is 3.15. The minimum Gasteiger partial charge on any atom is -0.465 e. The van der Waals surface area contributed by atoms with Gasteiger partial charge in [0.1, 0.15) is 5.54 Å². The summed E-state index contributed by atoms with van der Waals surface area (Å²) in [5.41, 5.74) is 2.03. The van der Waals surface area contributed by atoms with E-state index in [0.29, 0.717) is 23.3 Å². The molecule has 0 heterocycles. The lowest BCUT2D eigenvalue weighted by Crippen LogP contribution is -2.46. The molecule has 2 aromatic carbocycles. The van der Waals surface area contributed by atoms with Crippen molar-refractivity contribution in [2.45, 2.75) is 12.0 Å². The summed E-state index contributed by atoms with van der Waals surface area (Å²) in [7, 11) is 0. The predicted octanol–water partition coefficient (Wildman–Crippen LogP) is 3.78. The first-order valence-electron chi connectivity index (χ1n) is 7.09. The lowest BCUT2D eigenvalue weighted by atomic mass is 9.81. The molecule has 1 aliphatic carbocycles. The number of fused-ring (bicyclic) bond motifs is 1. The molecule has 23 heavy (non-hydrogen) atoms. The lowest BCUT2D eigenvalue weighted by molar-refractivity contribution is -0.112. The van der Waals surface area contributed by atoms with Crippen LogP contribution in [0.3, 0.4) is 0 Å². The van der Waals surface area contributed by atoms with Gasteiger partial charge in [-0.15, -0.1) is 0 Å². The second kappa shape index (κ2) is 5.89. The number of carboxylic acid groups (broad SMARTS) is 1. The zero-order chi connectivity index (χ0) is 16.4. The molecule has 0 radical (unpaired) electrons. The highest BCUT2D eigenvalue weighted by atomic mass is 35.5. The zero-order valence-corrected chi connectivity index (χ0v) is 12.9. The quantitative estimate of drug-likeness (QED) is 0.666. The normalized spacial score (nSPS) is 19.0. The van der Waals surface area contributed by atoms with Crippen molar-refractivity contribution in [2.24, 2.45) is 0 Å². The number of halogens is 1. The van der Waals surface area contributed by atoms with Gasteiger partial charge >= 0.3 is 6.09 Å². The van der Waals surface area contributed by atoms with Crippen LogP contribution in [0.1, 0.15) is 11.1 Å². The molecule has 0 saturated heterocycles. The summed E-state index contributed by atoms with van der Waals surface area (Å²) in [5.74, 6) is 0. The summed E-state index contributed by atoms with van der Waals surface area (Å²) in [6.45, 7) is 0. The molecule has 0 aromatic heterocycles. The van der Waals surface area contributed by atoms with Crippen molar-refractivity contribution in [3.05, 3.63) is 70.8 Å². The van der Waals surface area contributed by atoms with Crippen LogP contribution in [0.15, 0.2) is 54.6 Å². The third-order valence-corrected chi connectivity index (χ3v) is 4.28. The Morgan fingerprint density at radius 3 is 2.74 bits per heavy atom. The van der Waals surface area contributed by atoms with Gasteiger partial charge in [0.25, 0.3) is 0 Å². The minimum atomic E-state index is -1.33. The second-order valence-electron chi connectivity index (χ2n) is 5.38. The second-order valence-corrected chi connectivity index (χ2v) is 5.78. The van der Waals surface area contributed by atoms with E-state index in [1.165, 1.54) is 0 Å². The van der Waals surface area contributed by atoms with E-state index in [2.05, 4.69) is 5.32 Å². The summed E-state index contributed by atoms with van der Waals surface area (Å²) in [6, 6.07) is 13.1. The van der Waals surface area contributed by atoms with Crippen molar-refractivity contribution in [3.8, 4) is 11.1 Å². The van der Waals surface area contributed by atoms with E-state index in [1.807, 2.05) is 36.4 Å². The van der Waals surface area contributed by atoms with Crippen LogP contribution in [0.2, 0.25) is 5.02 Å². The van der Waals surface area contributed by atoms with Crippen LogP contribution in [-0.2, 0) is 16.8 Å². The summed E-state index contributed by atoms with van der Waals surface area (Å²) in [6.07, 6.45) is 3.38. The van der Waals surface area contributed by atoms with Crippen LogP contribution in [0.4, 0.5) is 4.79 Å². The van der Waals surface area contributed by atoms with Gasteiger partial charge in [0.05, 0.1) is 0 Å². The largest absolute Gasteiger partial charge is 0.465 e. The van der Waals surface area contributed by atoms with Gasteiger partial charge in [-0.05, 0) is 29.2 Å². The van der Waals surface area contributed by atoms with Crippen molar-refractivity contribution in [2.75, 3.05) is 0 Å². The molecule has 2 N–H and O–H groups in total. The zero-order valence-electron chi connectivity index (χ0n) is 12.1. The molecule has 1 aliphatic rings. The highest BCUT2D eigenvalue weighted by molar-refractivity contribution is 6.33. The van der Waals surface area contributed by atoms with E-state index in [-0.39, 0.29) is 0 Å². The van der Waals surface area contributed by atoms with Crippen LogP contribution in [0.25, 0.3) is 11.1 Å². The first-order valence-corrected chi connectivity index (χ1v) is 7.47. The Hall–Kier alpha value is -2.59. The molecule has 0 aliphatic heterocycles. The fourth-order valence-electron chi connectivity index (χ4n) is 2.91. The molecular formula is C18H14ClNO3. The van der Waals surface area contributed by atoms with E-state index < -0.39 is 11.6 Å². The number of carbonyl (C=O) groups excluding carboxylic acids is 1. The molecule has 0 saturated carbocycles. The summed E-state index contributed by atoms with van der Waals surface area (Å²) >= 11 is 6.23. The first-order chi connectivity index (χ1) is 11.1. The van der Waals surface area contributed by atoms with Gasteiger partial charge in [0, 0.05) is 10.6 Å². The molecule has 0 bridgehead atoms. The minimum absolute atomic E-state index is 0.616. The number of rotatable bonds is 3. The van der Waals surface area contributed by atoms with Gasteiger partial charge in [0.15, 0.2) is 6.29 Å². The monoisotopic (exact) mass is 327 g/mol. The Morgan fingerprint density at radius 1 is 1.26 bits per heavy atom. The van der Waals surface area contributed by atoms with Crippen molar-refractivity contribution >= 4 is 24.0 Å². The molecule has 0 spiro atoms. The smallest absolute Gasteiger partial charge is 0.405 e. The molecule has 1 atom stereocenters. The van der Waals surface area contributed by atoms with Crippen LogP contribution < -0.4 is 5.32 Å². The van der Waals surface area contributed by atoms with Crippen molar-refractivity contribution in [1.29, 1.82) is 0 Å². The third-order valence-electron chi connectivity index (χ3n) is 3.95. The van der Waals surface area contributed by atoms with Crippen LogP contribution in [-0.4, -0.2) is 17.5 Å². The summed E-state index contributed by atoms with van der Waals surface area (Å²) in [5, 5.41) is 12.0. The Morgan fingerprint density at radius 2 is 2.04 bits per heavy atom. The predicted molar refractivity (Wildman–Crippen MR) is 88.6 cm³/mol. The number of allylic oxidation sites excluding steroid dienone is 1. The molecule has 1 amide bonds. The average molecular weight is 328 g/mol. The molecule has 3 rings (SSSR count). The molecule has 116 valence electrons. The Kier molecular flexibility index (Phi) is 3.92. The topological polar surface area (TPSA) is 66.4 Å². The maximum atomic E-state index is 11.6. The lowest BCUT2D eigenvalue weighted by Gasteiger charge is -2.30. The van der Waals surface area contributed by atoms with Crippen molar-refractivity contribution in [1.82, 2.24) is 5.32 Å². The number of hydrogen-bond acceptors (Lipinski definition) is 2. The fraction of sp³-hybridized carbons (Fsp3) is 0.111. The number of hydrogen-bond donors (Lipinski definition) is 2. The standard InChI is InChI=1S/C18H14ClNO3/c19-16-6-2-1-5-14(16)12-7-8-15-13(10-12)4-3-9-18(15,11-21)20-17(22)23/h1-3,5-11,20H,4H2,(H,22,23)/t18-/m1/s1. The van der Waals surface area contributed by atoms with E-state index in [0.717, 1.165) is 16.7 Å². The van der Waals surface area contributed by atoms with E-state index in [1.54, 1.807) is 18.2 Å². The highest BCUT2D eigenvalue weighted by Gasteiger charge is 2.35. The first kappa shape index (κ1) is 15.3.